The number of nitrogens with one attached hydrogen (secondary N) is 1. The third kappa shape index (κ3) is 3.25. The number of piperidine rings is 1. The van der Waals surface area contributed by atoms with Crippen molar-refractivity contribution in [3.8, 4) is 0 Å². The van der Waals surface area contributed by atoms with Crippen LogP contribution in [0.3, 0.4) is 0 Å². The van der Waals surface area contributed by atoms with Gasteiger partial charge in [-0.1, -0.05) is 11.6 Å². The number of halogens is 2. The van der Waals surface area contributed by atoms with Crippen molar-refractivity contribution in [3.63, 3.8) is 0 Å². The minimum absolute atomic E-state index is 0.00646. The maximum atomic E-state index is 13.1. The Hall–Kier alpha value is -1.13. The fourth-order valence-corrected chi connectivity index (χ4v) is 2.69. The van der Waals surface area contributed by atoms with Gasteiger partial charge in [-0.25, -0.2) is 4.39 Å². The fraction of sp³-hybridized carbons (Fsp3) is 0.500. The van der Waals surface area contributed by atoms with Gasteiger partial charge in [-0.2, -0.15) is 0 Å². The molecule has 0 spiro atoms. The Balaban J connectivity index is 2.18. The van der Waals surface area contributed by atoms with Gasteiger partial charge in [0.1, 0.15) is 5.82 Å². The van der Waals surface area contributed by atoms with Crippen LogP contribution in [0.4, 0.5) is 4.39 Å². The Kier molecular flexibility index (Phi) is 4.77. The molecule has 0 bridgehead atoms. The van der Waals surface area contributed by atoms with E-state index in [1.807, 2.05) is 11.9 Å². The number of carbonyl (C=O) groups is 1. The largest absolute Gasteiger partial charge is 0.334 e. The van der Waals surface area contributed by atoms with E-state index in [0.717, 1.165) is 32.4 Å². The summed E-state index contributed by atoms with van der Waals surface area (Å²) in [5.41, 5.74) is 0.453. The number of likely N-dealkylation sites (N-methyl/N-ethyl adjacent to an activating group) is 1. The standard InChI is InChI=1S/C14H18ClFN2O/c1-17-9-11-4-2-3-7-18(11)14(19)10-5-6-13(16)12(15)8-10/h5-6,8,11,17H,2-4,7,9H2,1H3. The number of carbonyl (C=O) groups excluding carboxylic acids is 1. The second kappa shape index (κ2) is 6.35. The zero-order valence-electron chi connectivity index (χ0n) is 11.0. The molecule has 19 heavy (non-hydrogen) atoms. The third-order valence-corrected chi connectivity index (χ3v) is 3.78. The van der Waals surface area contributed by atoms with Crippen molar-refractivity contribution in [3.05, 3.63) is 34.6 Å². The number of rotatable bonds is 3. The predicted octanol–water partition coefficient (Wildman–Crippen LogP) is 2.69. The second-order valence-corrected chi connectivity index (χ2v) is 5.24. The van der Waals surface area contributed by atoms with Crippen molar-refractivity contribution < 1.29 is 9.18 Å². The third-order valence-electron chi connectivity index (χ3n) is 3.49. The van der Waals surface area contributed by atoms with Crippen LogP contribution in [0.2, 0.25) is 5.02 Å². The first-order valence-electron chi connectivity index (χ1n) is 6.54. The van der Waals surface area contributed by atoms with Gasteiger partial charge in [0.2, 0.25) is 0 Å². The molecule has 1 aromatic rings. The van der Waals surface area contributed by atoms with Crippen molar-refractivity contribution in [1.82, 2.24) is 10.2 Å². The van der Waals surface area contributed by atoms with Gasteiger partial charge in [0.25, 0.3) is 5.91 Å². The van der Waals surface area contributed by atoms with Crippen LogP contribution in [-0.4, -0.2) is 37.0 Å². The molecule has 5 heteroatoms. The van der Waals surface area contributed by atoms with E-state index in [1.165, 1.54) is 18.2 Å². The average molecular weight is 285 g/mol. The van der Waals surface area contributed by atoms with Crippen LogP contribution in [0.15, 0.2) is 18.2 Å². The van der Waals surface area contributed by atoms with E-state index in [2.05, 4.69) is 5.32 Å². The molecular weight excluding hydrogens is 267 g/mol. The summed E-state index contributed by atoms with van der Waals surface area (Å²) in [5, 5.41) is 3.11. The summed E-state index contributed by atoms with van der Waals surface area (Å²) in [4.78, 5) is 14.3. The lowest BCUT2D eigenvalue weighted by Crippen LogP contribution is -2.48. The predicted molar refractivity (Wildman–Crippen MR) is 74.0 cm³/mol. The smallest absolute Gasteiger partial charge is 0.254 e. The summed E-state index contributed by atoms with van der Waals surface area (Å²) in [6.07, 6.45) is 3.16. The van der Waals surface area contributed by atoms with Gasteiger partial charge >= 0.3 is 0 Å². The van der Waals surface area contributed by atoms with Crippen molar-refractivity contribution >= 4 is 17.5 Å². The fourth-order valence-electron chi connectivity index (χ4n) is 2.51. The van der Waals surface area contributed by atoms with Crippen LogP contribution in [0.25, 0.3) is 0 Å². The van der Waals surface area contributed by atoms with E-state index in [0.29, 0.717) is 5.56 Å². The zero-order valence-corrected chi connectivity index (χ0v) is 11.7. The van der Waals surface area contributed by atoms with Crippen LogP contribution in [0.1, 0.15) is 29.6 Å². The van der Waals surface area contributed by atoms with Gasteiger partial charge in [0, 0.05) is 24.7 Å². The summed E-state index contributed by atoms with van der Waals surface area (Å²) in [5.74, 6) is -0.564. The van der Waals surface area contributed by atoms with E-state index in [4.69, 9.17) is 11.6 Å². The zero-order chi connectivity index (χ0) is 13.8. The van der Waals surface area contributed by atoms with Gasteiger partial charge in [-0.3, -0.25) is 4.79 Å². The van der Waals surface area contributed by atoms with Crippen LogP contribution in [0, 0.1) is 5.82 Å². The van der Waals surface area contributed by atoms with Gasteiger partial charge in [0.05, 0.1) is 5.02 Å². The molecule has 0 aliphatic carbocycles. The Labute approximate surface area is 117 Å². The summed E-state index contributed by atoms with van der Waals surface area (Å²) in [6, 6.07) is 4.35. The van der Waals surface area contributed by atoms with Crippen molar-refractivity contribution in [2.75, 3.05) is 20.1 Å². The van der Waals surface area contributed by atoms with Crippen LogP contribution in [0.5, 0.6) is 0 Å². The van der Waals surface area contributed by atoms with E-state index < -0.39 is 5.82 Å². The Morgan fingerprint density at radius 1 is 1.53 bits per heavy atom. The minimum atomic E-state index is -0.497. The molecule has 1 fully saturated rings. The van der Waals surface area contributed by atoms with Crippen molar-refractivity contribution in [2.45, 2.75) is 25.3 Å². The molecule has 1 atom stereocenters. The van der Waals surface area contributed by atoms with Gasteiger partial charge < -0.3 is 10.2 Å². The number of benzene rings is 1. The van der Waals surface area contributed by atoms with Gasteiger partial charge in [-0.05, 0) is 44.5 Å². The average Bonchev–Trinajstić information content (AvgIpc) is 2.42. The highest BCUT2D eigenvalue weighted by molar-refractivity contribution is 6.31. The summed E-state index contributed by atoms with van der Waals surface area (Å²) >= 11 is 5.74. The first-order valence-corrected chi connectivity index (χ1v) is 6.92. The quantitative estimate of drug-likeness (QED) is 0.926. The van der Waals surface area contributed by atoms with Gasteiger partial charge in [0.15, 0.2) is 0 Å². The molecule has 0 radical (unpaired) electrons. The molecule has 1 heterocycles. The molecule has 1 unspecified atom stereocenters. The number of nitrogens with zero attached hydrogens (tertiary/aromatic N) is 1. The first-order chi connectivity index (χ1) is 9.13. The number of likely N-dealkylation sites (tertiary alicyclic amines) is 1. The molecule has 0 saturated carbocycles. The molecule has 0 aromatic heterocycles. The van der Waals surface area contributed by atoms with E-state index in [-0.39, 0.29) is 17.0 Å². The van der Waals surface area contributed by atoms with Crippen molar-refractivity contribution in [2.24, 2.45) is 0 Å². The number of amides is 1. The van der Waals surface area contributed by atoms with E-state index in [9.17, 15) is 9.18 Å². The highest BCUT2D eigenvalue weighted by Gasteiger charge is 2.27. The lowest BCUT2D eigenvalue weighted by molar-refractivity contribution is 0.0615. The van der Waals surface area contributed by atoms with Crippen LogP contribution < -0.4 is 5.32 Å². The van der Waals surface area contributed by atoms with Crippen LogP contribution in [-0.2, 0) is 0 Å². The first kappa shape index (κ1) is 14.3. The van der Waals surface area contributed by atoms with Gasteiger partial charge in [-0.15, -0.1) is 0 Å². The highest BCUT2D eigenvalue weighted by atomic mass is 35.5. The molecule has 2 rings (SSSR count). The SMILES string of the molecule is CNCC1CCCCN1C(=O)c1ccc(F)c(Cl)c1. The normalized spacial score (nSPS) is 19.5. The lowest BCUT2D eigenvalue weighted by Gasteiger charge is -2.35. The van der Waals surface area contributed by atoms with E-state index >= 15 is 0 Å². The number of hydrogen-bond donors (Lipinski definition) is 1. The Morgan fingerprint density at radius 3 is 3.00 bits per heavy atom. The Morgan fingerprint density at radius 2 is 2.32 bits per heavy atom. The lowest BCUT2D eigenvalue weighted by atomic mass is 10.0. The molecule has 104 valence electrons. The summed E-state index contributed by atoms with van der Waals surface area (Å²) in [7, 11) is 1.88. The molecule has 1 amide bonds. The van der Waals surface area contributed by atoms with E-state index in [1.54, 1.807) is 0 Å². The van der Waals surface area contributed by atoms with Crippen molar-refractivity contribution in [1.29, 1.82) is 0 Å². The molecule has 1 N–H and O–H groups in total. The maximum Gasteiger partial charge on any atom is 0.254 e. The molecular formula is C14H18ClFN2O. The summed E-state index contributed by atoms with van der Waals surface area (Å²) < 4.78 is 13.1. The minimum Gasteiger partial charge on any atom is -0.334 e. The van der Waals surface area contributed by atoms with Crippen LogP contribution >= 0.6 is 11.6 Å². The monoisotopic (exact) mass is 284 g/mol. The molecule has 1 aliphatic heterocycles. The highest BCUT2D eigenvalue weighted by Crippen LogP contribution is 2.22. The number of hydrogen-bond acceptors (Lipinski definition) is 2. The second-order valence-electron chi connectivity index (χ2n) is 4.83. The maximum absolute atomic E-state index is 13.1. The molecule has 1 saturated heterocycles. The summed E-state index contributed by atoms with van der Waals surface area (Å²) in [6.45, 7) is 1.53. The molecule has 1 aliphatic rings. The molecule has 3 nitrogen and oxygen atoms in total. The topological polar surface area (TPSA) is 32.3 Å². The Bertz CT molecular complexity index is 465. The molecule has 1 aromatic carbocycles.